The summed E-state index contributed by atoms with van der Waals surface area (Å²) in [6, 6.07) is 5.44. The Labute approximate surface area is 140 Å². The smallest absolute Gasteiger partial charge is 0.242 e. The Morgan fingerprint density at radius 2 is 1.62 bits per heavy atom. The molecule has 0 bridgehead atoms. The average Bonchev–Trinajstić information content (AvgIpc) is 3.09. The van der Waals surface area contributed by atoms with Gasteiger partial charge in [0.25, 0.3) is 0 Å². The Balaban J connectivity index is 1.70. The summed E-state index contributed by atoms with van der Waals surface area (Å²) >= 11 is 0. The largest absolute Gasteiger partial charge is 0.273 e. The Hall–Kier alpha value is -1.96. The molecular formula is C16H21FN2O4S. The molecule has 2 amide bonds. The van der Waals surface area contributed by atoms with E-state index in [-0.39, 0.29) is 23.8 Å². The number of sulfone groups is 1. The molecule has 24 heavy (non-hydrogen) atoms. The van der Waals surface area contributed by atoms with Crippen LogP contribution in [-0.2, 0) is 25.8 Å². The summed E-state index contributed by atoms with van der Waals surface area (Å²) < 4.78 is 36.9. The van der Waals surface area contributed by atoms with Gasteiger partial charge in [0.15, 0.2) is 9.84 Å². The van der Waals surface area contributed by atoms with Gasteiger partial charge in [-0.3, -0.25) is 20.4 Å². The van der Waals surface area contributed by atoms with Gasteiger partial charge in [-0.15, -0.1) is 0 Å². The zero-order valence-electron chi connectivity index (χ0n) is 13.3. The van der Waals surface area contributed by atoms with Gasteiger partial charge in [-0.1, -0.05) is 25.0 Å². The summed E-state index contributed by atoms with van der Waals surface area (Å²) in [6.45, 7) is 0. The van der Waals surface area contributed by atoms with Crippen molar-refractivity contribution in [3.8, 4) is 0 Å². The highest BCUT2D eigenvalue weighted by molar-refractivity contribution is 7.92. The number of nitrogens with one attached hydrogen (secondary N) is 2. The third-order valence-corrected chi connectivity index (χ3v) is 6.30. The van der Waals surface area contributed by atoms with Gasteiger partial charge in [0, 0.05) is 6.42 Å². The quantitative estimate of drug-likeness (QED) is 0.751. The zero-order valence-corrected chi connectivity index (χ0v) is 14.1. The number of amides is 2. The molecule has 1 aromatic carbocycles. The van der Waals surface area contributed by atoms with Gasteiger partial charge in [-0.25, -0.2) is 12.8 Å². The fourth-order valence-electron chi connectivity index (χ4n) is 2.68. The van der Waals surface area contributed by atoms with Crippen molar-refractivity contribution in [3.05, 3.63) is 35.6 Å². The van der Waals surface area contributed by atoms with Crippen LogP contribution in [0, 0.1) is 5.82 Å². The molecule has 2 N–H and O–H groups in total. The van der Waals surface area contributed by atoms with E-state index in [0.29, 0.717) is 18.4 Å². The topological polar surface area (TPSA) is 92.3 Å². The third-order valence-electron chi connectivity index (χ3n) is 4.04. The maximum atomic E-state index is 12.8. The molecule has 1 aliphatic carbocycles. The van der Waals surface area contributed by atoms with E-state index in [1.54, 1.807) is 0 Å². The molecule has 0 saturated heterocycles. The monoisotopic (exact) mass is 356 g/mol. The summed E-state index contributed by atoms with van der Waals surface area (Å²) in [5.74, 6) is -1.62. The van der Waals surface area contributed by atoms with E-state index >= 15 is 0 Å². The Morgan fingerprint density at radius 1 is 1.04 bits per heavy atom. The molecule has 1 fully saturated rings. The van der Waals surface area contributed by atoms with Crippen LogP contribution in [0.15, 0.2) is 24.3 Å². The van der Waals surface area contributed by atoms with Crippen molar-refractivity contribution < 1.29 is 22.4 Å². The standard InChI is InChI=1S/C16H21FN2O4S/c17-13-7-5-12(6-8-13)11-16(21)19-18-15(20)9-10-24(22,23)14-3-1-2-4-14/h5-8,14H,1-4,9-11H2,(H,18,20)(H,19,21). The van der Waals surface area contributed by atoms with E-state index in [2.05, 4.69) is 10.9 Å². The van der Waals surface area contributed by atoms with Crippen molar-refractivity contribution in [1.82, 2.24) is 10.9 Å². The van der Waals surface area contributed by atoms with Crippen LogP contribution >= 0.6 is 0 Å². The van der Waals surface area contributed by atoms with Gasteiger partial charge in [-0.2, -0.15) is 0 Å². The van der Waals surface area contributed by atoms with Crippen molar-refractivity contribution in [2.45, 2.75) is 43.8 Å². The first-order chi connectivity index (χ1) is 11.4. The van der Waals surface area contributed by atoms with Crippen LogP contribution in [0.3, 0.4) is 0 Å². The van der Waals surface area contributed by atoms with Crippen molar-refractivity contribution in [1.29, 1.82) is 0 Å². The van der Waals surface area contributed by atoms with Crippen LogP contribution in [0.4, 0.5) is 4.39 Å². The SMILES string of the molecule is O=C(CCS(=O)(=O)C1CCCC1)NNC(=O)Cc1ccc(F)cc1. The summed E-state index contributed by atoms with van der Waals surface area (Å²) in [5.41, 5.74) is 5.03. The lowest BCUT2D eigenvalue weighted by atomic mass is 10.1. The molecule has 0 atom stereocenters. The molecule has 2 rings (SSSR count). The average molecular weight is 356 g/mol. The molecule has 0 spiro atoms. The second-order valence-electron chi connectivity index (χ2n) is 5.92. The Kier molecular flexibility index (Phi) is 6.30. The maximum Gasteiger partial charge on any atom is 0.242 e. The van der Waals surface area contributed by atoms with Crippen molar-refractivity contribution in [2.75, 3.05) is 5.75 Å². The molecule has 0 aromatic heterocycles. The summed E-state index contributed by atoms with van der Waals surface area (Å²) in [5, 5.41) is -0.335. The van der Waals surface area contributed by atoms with Crippen LogP contribution < -0.4 is 10.9 Å². The molecule has 1 saturated carbocycles. The molecular weight excluding hydrogens is 335 g/mol. The van der Waals surface area contributed by atoms with Gasteiger partial charge < -0.3 is 0 Å². The number of benzene rings is 1. The van der Waals surface area contributed by atoms with E-state index in [0.717, 1.165) is 12.8 Å². The molecule has 1 aromatic rings. The van der Waals surface area contributed by atoms with Gasteiger partial charge >= 0.3 is 0 Å². The Morgan fingerprint density at radius 3 is 2.25 bits per heavy atom. The van der Waals surface area contributed by atoms with E-state index in [1.165, 1.54) is 24.3 Å². The van der Waals surface area contributed by atoms with Crippen LogP contribution in [0.2, 0.25) is 0 Å². The van der Waals surface area contributed by atoms with E-state index < -0.39 is 27.5 Å². The number of hydrogen-bond donors (Lipinski definition) is 2. The van der Waals surface area contributed by atoms with Crippen LogP contribution in [-0.4, -0.2) is 31.2 Å². The molecule has 6 nitrogen and oxygen atoms in total. The first-order valence-electron chi connectivity index (χ1n) is 7.90. The van der Waals surface area contributed by atoms with Crippen LogP contribution in [0.1, 0.15) is 37.7 Å². The summed E-state index contributed by atoms with van der Waals surface area (Å²) in [7, 11) is -3.26. The minimum atomic E-state index is -3.26. The lowest BCUT2D eigenvalue weighted by Gasteiger charge is -2.11. The fourth-order valence-corrected chi connectivity index (χ4v) is 4.54. The molecule has 0 heterocycles. The van der Waals surface area contributed by atoms with E-state index in [1.807, 2.05) is 0 Å². The third kappa shape index (κ3) is 5.59. The number of carbonyl (C=O) groups excluding carboxylic acids is 2. The predicted octanol–water partition coefficient (Wildman–Crippen LogP) is 1.26. The maximum absolute atomic E-state index is 12.8. The highest BCUT2D eigenvalue weighted by Gasteiger charge is 2.28. The highest BCUT2D eigenvalue weighted by atomic mass is 32.2. The minimum absolute atomic E-state index is 0.0130. The van der Waals surface area contributed by atoms with Gasteiger partial charge in [0.1, 0.15) is 5.82 Å². The minimum Gasteiger partial charge on any atom is -0.273 e. The van der Waals surface area contributed by atoms with Gasteiger partial charge in [0.05, 0.1) is 17.4 Å². The van der Waals surface area contributed by atoms with Crippen molar-refractivity contribution in [3.63, 3.8) is 0 Å². The van der Waals surface area contributed by atoms with Gasteiger partial charge in [0.2, 0.25) is 11.8 Å². The second-order valence-corrected chi connectivity index (χ2v) is 8.32. The molecule has 0 unspecified atom stereocenters. The Bertz CT molecular complexity index is 683. The number of halogens is 1. The number of carbonyl (C=O) groups is 2. The first-order valence-corrected chi connectivity index (χ1v) is 9.62. The molecule has 1 aliphatic rings. The molecule has 0 aliphatic heterocycles. The zero-order chi connectivity index (χ0) is 17.6. The lowest BCUT2D eigenvalue weighted by Crippen LogP contribution is -2.43. The summed E-state index contributed by atoms with van der Waals surface area (Å²) in [4.78, 5) is 23.3. The van der Waals surface area contributed by atoms with Gasteiger partial charge in [-0.05, 0) is 30.5 Å². The van der Waals surface area contributed by atoms with Crippen LogP contribution in [0.5, 0.6) is 0 Å². The lowest BCUT2D eigenvalue weighted by molar-refractivity contribution is -0.128. The number of rotatable bonds is 6. The fraction of sp³-hybridized carbons (Fsp3) is 0.500. The summed E-state index contributed by atoms with van der Waals surface area (Å²) in [6.07, 6.45) is 2.96. The van der Waals surface area contributed by atoms with Crippen molar-refractivity contribution >= 4 is 21.7 Å². The highest BCUT2D eigenvalue weighted by Crippen LogP contribution is 2.25. The van der Waals surface area contributed by atoms with Crippen molar-refractivity contribution in [2.24, 2.45) is 0 Å². The normalized spacial score (nSPS) is 15.2. The predicted molar refractivity (Wildman–Crippen MR) is 87.0 cm³/mol. The number of hydrazine groups is 1. The second kappa shape index (κ2) is 8.23. The number of hydrogen-bond acceptors (Lipinski definition) is 4. The molecule has 0 radical (unpaired) electrons. The molecule has 8 heteroatoms. The van der Waals surface area contributed by atoms with E-state index in [4.69, 9.17) is 0 Å². The molecule has 132 valence electrons. The van der Waals surface area contributed by atoms with Crippen LogP contribution in [0.25, 0.3) is 0 Å². The first kappa shape index (κ1) is 18.4. The van der Waals surface area contributed by atoms with E-state index in [9.17, 15) is 22.4 Å².